The maximum atomic E-state index is 9.11. The molecule has 60 valence electrons. The topological polar surface area (TPSA) is 20.2 Å². The van der Waals surface area contributed by atoms with E-state index in [1.807, 2.05) is 6.92 Å². The van der Waals surface area contributed by atoms with E-state index in [1.54, 1.807) is 0 Å². The van der Waals surface area contributed by atoms with Crippen LogP contribution in [-0.2, 0) is 0 Å². The van der Waals surface area contributed by atoms with Crippen LogP contribution in [0.25, 0.3) is 0 Å². The summed E-state index contributed by atoms with van der Waals surface area (Å²) < 4.78 is 0. The Morgan fingerprint density at radius 1 is 1.30 bits per heavy atom. The molecule has 10 heavy (non-hydrogen) atoms. The van der Waals surface area contributed by atoms with E-state index in [-0.39, 0.29) is 6.10 Å². The minimum Gasteiger partial charge on any atom is -0.393 e. The summed E-state index contributed by atoms with van der Waals surface area (Å²) in [6, 6.07) is 0. The van der Waals surface area contributed by atoms with Crippen LogP contribution in [0.1, 0.15) is 39.5 Å². The fraction of sp³-hybridized carbons (Fsp3) is 0.778. The van der Waals surface area contributed by atoms with Gasteiger partial charge in [-0.25, -0.2) is 0 Å². The molecule has 0 aliphatic heterocycles. The Balaban J connectivity index is 3.16. The molecule has 0 bridgehead atoms. The van der Waals surface area contributed by atoms with Crippen molar-refractivity contribution in [2.75, 3.05) is 0 Å². The molecule has 0 spiro atoms. The van der Waals surface area contributed by atoms with Crippen molar-refractivity contribution in [3.8, 4) is 0 Å². The maximum absolute atomic E-state index is 9.11. The van der Waals surface area contributed by atoms with E-state index in [0.717, 1.165) is 19.3 Å². The lowest BCUT2D eigenvalue weighted by molar-refractivity contribution is 0.173. The Hall–Kier alpha value is -0.300. The first kappa shape index (κ1) is 9.70. The monoisotopic (exact) mass is 142 g/mol. The third kappa shape index (κ3) is 5.83. The number of aliphatic hydroxyl groups is 1. The van der Waals surface area contributed by atoms with Crippen LogP contribution in [0.15, 0.2) is 12.2 Å². The molecule has 1 N–H and O–H groups in total. The molecule has 0 saturated heterocycles. The van der Waals surface area contributed by atoms with E-state index in [0.29, 0.717) is 0 Å². The van der Waals surface area contributed by atoms with E-state index in [4.69, 9.17) is 5.11 Å². The van der Waals surface area contributed by atoms with Crippen molar-refractivity contribution in [3.05, 3.63) is 12.2 Å². The molecule has 0 aromatic rings. The van der Waals surface area contributed by atoms with Gasteiger partial charge in [0, 0.05) is 0 Å². The van der Waals surface area contributed by atoms with Gasteiger partial charge in [-0.3, -0.25) is 0 Å². The predicted octanol–water partition coefficient (Wildman–Crippen LogP) is 2.50. The van der Waals surface area contributed by atoms with Gasteiger partial charge in [0.15, 0.2) is 0 Å². The van der Waals surface area contributed by atoms with Crippen LogP contribution in [-0.4, -0.2) is 11.2 Å². The first-order chi connectivity index (χ1) is 4.81. The Morgan fingerprint density at radius 2 is 2.00 bits per heavy atom. The summed E-state index contributed by atoms with van der Waals surface area (Å²) in [6.07, 6.45) is 8.08. The van der Waals surface area contributed by atoms with Gasteiger partial charge in [0.2, 0.25) is 0 Å². The standard InChI is InChI=1S/C9H18O/c1-3-5-6-7-8-9(10)4-2/h6-7,9-10H,3-5,8H2,1-2H3. The van der Waals surface area contributed by atoms with Crippen molar-refractivity contribution in [1.82, 2.24) is 0 Å². The smallest absolute Gasteiger partial charge is 0.0572 e. The first-order valence-corrected chi connectivity index (χ1v) is 4.14. The third-order valence-electron chi connectivity index (χ3n) is 1.50. The molecule has 0 aromatic carbocycles. The molecule has 1 nitrogen and oxygen atoms in total. The molecule has 0 amide bonds. The van der Waals surface area contributed by atoms with Crippen molar-refractivity contribution in [1.29, 1.82) is 0 Å². The minimum absolute atomic E-state index is 0.131. The molecule has 0 fully saturated rings. The van der Waals surface area contributed by atoms with Crippen molar-refractivity contribution in [2.45, 2.75) is 45.6 Å². The largest absolute Gasteiger partial charge is 0.393 e. The number of aliphatic hydroxyl groups excluding tert-OH is 1. The number of rotatable bonds is 5. The second-order valence-corrected chi connectivity index (χ2v) is 2.56. The van der Waals surface area contributed by atoms with Crippen LogP contribution < -0.4 is 0 Å². The van der Waals surface area contributed by atoms with Crippen molar-refractivity contribution in [2.24, 2.45) is 0 Å². The third-order valence-corrected chi connectivity index (χ3v) is 1.50. The van der Waals surface area contributed by atoms with Crippen LogP contribution in [0.4, 0.5) is 0 Å². The van der Waals surface area contributed by atoms with Gasteiger partial charge in [-0.2, -0.15) is 0 Å². The Kier molecular flexibility index (Phi) is 6.61. The lowest BCUT2D eigenvalue weighted by atomic mass is 10.2. The highest BCUT2D eigenvalue weighted by atomic mass is 16.3. The molecular weight excluding hydrogens is 124 g/mol. The van der Waals surface area contributed by atoms with Crippen LogP contribution in [0.2, 0.25) is 0 Å². The highest BCUT2D eigenvalue weighted by Gasteiger charge is 1.93. The van der Waals surface area contributed by atoms with E-state index >= 15 is 0 Å². The van der Waals surface area contributed by atoms with Crippen LogP contribution >= 0.6 is 0 Å². The Bertz CT molecular complexity index is 86.7. The highest BCUT2D eigenvalue weighted by Crippen LogP contribution is 1.98. The number of hydrogen-bond donors (Lipinski definition) is 1. The number of allylic oxidation sites excluding steroid dienone is 1. The van der Waals surface area contributed by atoms with Gasteiger partial charge in [0.05, 0.1) is 6.10 Å². The van der Waals surface area contributed by atoms with Gasteiger partial charge in [0.25, 0.3) is 0 Å². The van der Waals surface area contributed by atoms with E-state index in [9.17, 15) is 0 Å². The quantitative estimate of drug-likeness (QED) is 0.585. The fourth-order valence-corrected chi connectivity index (χ4v) is 0.704. The Morgan fingerprint density at radius 3 is 2.50 bits per heavy atom. The second kappa shape index (κ2) is 6.81. The highest BCUT2D eigenvalue weighted by molar-refractivity contribution is 4.83. The number of unbranched alkanes of at least 4 members (excludes halogenated alkanes) is 1. The fourth-order valence-electron chi connectivity index (χ4n) is 0.704. The summed E-state index contributed by atoms with van der Waals surface area (Å²) in [5, 5.41) is 9.11. The second-order valence-electron chi connectivity index (χ2n) is 2.56. The van der Waals surface area contributed by atoms with Crippen molar-refractivity contribution in [3.63, 3.8) is 0 Å². The summed E-state index contributed by atoms with van der Waals surface area (Å²) in [6.45, 7) is 4.15. The van der Waals surface area contributed by atoms with E-state index < -0.39 is 0 Å². The molecule has 0 aromatic heterocycles. The zero-order valence-corrected chi connectivity index (χ0v) is 7.01. The van der Waals surface area contributed by atoms with Crippen LogP contribution in [0.5, 0.6) is 0 Å². The molecule has 0 radical (unpaired) electrons. The molecular formula is C9H18O. The molecule has 0 aliphatic rings. The molecule has 0 aliphatic carbocycles. The summed E-state index contributed by atoms with van der Waals surface area (Å²) in [5.74, 6) is 0. The SMILES string of the molecule is CCCC=CCC(O)CC. The molecule has 0 saturated carbocycles. The first-order valence-electron chi connectivity index (χ1n) is 4.14. The summed E-state index contributed by atoms with van der Waals surface area (Å²) in [7, 11) is 0. The van der Waals surface area contributed by atoms with E-state index in [1.165, 1.54) is 6.42 Å². The summed E-state index contributed by atoms with van der Waals surface area (Å²) in [4.78, 5) is 0. The van der Waals surface area contributed by atoms with Gasteiger partial charge in [0.1, 0.15) is 0 Å². The number of hydrogen-bond acceptors (Lipinski definition) is 1. The zero-order valence-electron chi connectivity index (χ0n) is 7.01. The van der Waals surface area contributed by atoms with Gasteiger partial charge in [-0.1, -0.05) is 32.4 Å². The Labute approximate surface area is 63.8 Å². The van der Waals surface area contributed by atoms with Crippen molar-refractivity contribution < 1.29 is 5.11 Å². The van der Waals surface area contributed by atoms with Gasteiger partial charge < -0.3 is 5.11 Å². The van der Waals surface area contributed by atoms with Gasteiger partial charge in [-0.05, 0) is 19.3 Å². The minimum atomic E-state index is -0.131. The zero-order chi connectivity index (χ0) is 7.82. The van der Waals surface area contributed by atoms with Gasteiger partial charge >= 0.3 is 0 Å². The molecule has 1 unspecified atom stereocenters. The molecule has 0 rings (SSSR count). The summed E-state index contributed by atoms with van der Waals surface area (Å²) >= 11 is 0. The lowest BCUT2D eigenvalue weighted by Crippen LogP contribution is -2.00. The predicted molar refractivity (Wildman–Crippen MR) is 45.0 cm³/mol. The van der Waals surface area contributed by atoms with E-state index in [2.05, 4.69) is 19.1 Å². The maximum Gasteiger partial charge on any atom is 0.0572 e. The molecule has 1 heteroatoms. The summed E-state index contributed by atoms with van der Waals surface area (Å²) in [5.41, 5.74) is 0. The molecule has 0 heterocycles. The lowest BCUT2D eigenvalue weighted by Gasteiger charge is -2.00. The normalized spacial score (nSPS) is 14.3. The van der Waals surface area contributed by atoms with Crippen molar-refractivity contribution >= 4 is 0 Å². The van der Waals surface area contributed by atoms with Gasteiger partial charge in [-0.15, -0.1) is 0 Å². The molecule has 1 atom stereocenters. The average molecular weight is 142 g/mol. The van der Waals surface area contributed by atoms with Crippen LogP contribution in [0.3, 0.4) is 0 Å². The average Bonchev–Trinajstić information content (AvgIpc) is 1.98. The van der Waals surface area contributed by atoms with Crippen LogP contribution in [0, 0.1) is 0 Å².